The summed E-state index contributed by atoms with van der Waals surface area (Å²) in [5, 5.41) is 10.3. The Morgan fingerprint density at radius 1 is 1.18 bits per heavy atom. The van der Waals surface area contributed by atoms with Crippen LogP contribution >= 0.6 is 0 Å². The van der Waals surface area contributed by atoms with Gasteiger partial charge in [0.25, 0.3) is 0 Å². The van der Waals surface area contributed by atoms with Crippen molar-refractivity contribution >= 4 is 28.7 Å². The quantitative estimate of drug-likeness (QED) is 0.683. The van der Waals surface area contributed by atoms with Gasteiger partial charge in [-0.2, -0.15) is 0 Å². The van der Waals surface area contributed by atoms with E-state index in [1.165, 1.54) is 16.8 Å². The van der Waals surface area contributed by atoms with Gasteiger partial charge in [0.05, 0.1) is 11.1 Å². The molecule has 10 heteroatoms. The number of hydrogen-bond acceptors (Lipinski definition) is 7. The summed E-state index contributed by atoms with van der Waals surface area (Å²) >= 11 is 0. The minimum atomic E-state index is -0.841. The standard InChI is InChI=1S/C18H19N5O5/c1-18(2,3)27-17(26)19-11-9-14(22(4)10-11)16(25)28-23-15(24)12-7-5-6-8-13(12)20-21-23/h5-10H,1-4H3,(H,19,26). The SMILES string of the molecule is Cn1cc(NC(=O)OC(C)(C)C)cc1C(=O)On1nnc2ccccc2c1=O. The monoisotopic (exact) mass is 385 g/mol. The third kappa shape index (κ3) is 4.17. The number of nitrogens with one attached hydrogen (secondary N) is 1. The molecule has 1 amide bonds. The van der Waals surface area contributed by atoms with E-state index in [-0.39, 0.29) is 11.1 Å². The van der Waals surface area contributed by atoms with Crippen LogP contribution in [-0.4, -0.2) is 37.4 Å². The Kier molecular flexibility index (Phi) is 4.87. The van der Waals surface area contributed by atoms with Gasteiger partial charge in [-0.3, -0.25) is 10.1 Å². The summed E-state index contributed by atoms with van der Waals surface area (Å²) in [6.07, 6.45) is 0.852. The summed E-state index contributed by atoms with van der Waals surface area (Å²) in [6.45, 7) is 5.22. The van der Waals surface area contributed by atoms with E-state index in [1.807, 2.05) is 0 Å². The highest BCUT2D eigenvalue weighted by Gasteiger charge is 2.20. The van der Waals surface area contributed by atoms with Gasteiger partial charge in [-0.1, -0.05) is 12.1 Å². The lowest BCUT2D eigenvalue weighted by Gasteiger charge is -2.19. The maximum Gasteiger partial charge on any atom is 0.412 e. The summed E-state index contributed by atoms with van der Waals surface area (Å²) in [4.78, 5) is 42.2. The molecule has 0 aliphatic heterocycles. The van der Waals surface area contributed by atoms with Crippen molar-refractivity contribution in [3.05, 3.63) is 52.6 Å². The summed E-state index contributed by atoms with van der Waals surface area (Å²) in [6, 6.07) is 7.97. The van der Waals surface area contributed by atoms with Gasteiger partial charge in [0.1, 0.15) is 16.8 Å². The number of nitrogens with zero attached hydrogens (tertiary/aromatic N) is 4. The fourth-order valence-corrected chi connectivity index (χ4v) is 2.42. The normalized spacial score (nSPS) is 11.3. The lowest BCUT2D eigenvalue weighted by molar-refractivity contribution is 0.0339. The highest BCUT2D eigenvalue weighted by Crippen LogP contribution is 2.15. The number of ether oxygens (including phenoxy) is 1. The summed E-state index contributed by atoms with van der Waals surface area (Å²) in [5.74, 6) is -0.841. The molecule has 2 heterocycles. The first-order chi connectivity index (χ1) is 13.1. The molecular formula is C18H19N5O5. The Morgan fingerprint density at radius 3 is 2.61 bits per heavy atom. The molecule has 0 aliphatic rings. The molecule has 1 aromatic carbocycles. The minimum absolute atomic E-state index is 0.0907. The fraction of sp³-hybridized carbons (Fsp3) is 0.278. The molecule has 10 nitrogen and oxygen atoms in total. The van der Waals surface area contributed by atoms with Gasteiger partial charge in [0, 0.05) is 13.2 Å². The van der Waals surface area contributed by atoms with Gasteiger partial charge < -0.3 is 14.1 Å². The molecule has 0 saturated carbocycles. The Labute approximate surface area is 159 Å². The van der Waals surface area contributed by atoms with E-state index in [9.17, 15) is 14.4 Å². The second kappa shape index (κ2) is 7.14. The highest BCUT2D eigenvalue weighted by atomic mass is 16.7. The predicted molar refractivity (Wildman–Crippen MR) is 100.0 cm³/mol. The maximum atomic E-state index is 12.4. The molecule has 0 spiro atoms. The second-order valence-corrected chi connectivity index (χ2v) is 7.02. The van der Waals surface area contributed by atoms with Crippen molar-refractivity contribution in [1.29, 1.82) is 0 Å². The van der Waals surface area contributed by atoms with Crippen LogP contribution in [0.2, 0.25) is 0 Å². The molecule has 0 atom stereocenters. The van der Waals surface area contributed by atoms with E-state index in [1.54, 1.807) is 52.1 Å². The average Bonchev–Trinajstić information content (AvgIpc) is 2.96. The van der Waals surface area contributed by atoms with Crippen molar-refractivity contribution in [2.75, 3.05) is 5.32 Å². The van der Waals surface area contributed by atoms with E-state index >= 15 is 0 Å². The fourth-order valence-electron chi connectivity index (χ4n) is 2.42. The summed E-state index contributed by atoms with van der Waals surface area (Å²) in [7, 11) is 1.59. The highest BCUT2D eigenvalue weighted by molar-refractivity contribution is 5.92. The molecule has 28 heavy (non-hydrogen) atoms. The number of aryl methyl sites for hydroxylation is 1. The first-order valence-electron chi connectivity index (χ1n) is 8.38. The van der Waals surface area contributed by atoms with Crippen molar-refractivity contribution in [1.82, 2.24) is 19.7 Å². The van der Waals surface area contributed by atoms with Crippen LogP contribution in [0.15, 0.2) is 41.3 Å². The van der Waals surface area contributed by atoms with Crippen LogP contribution in [0.3, 0.4) is 0 Å². The van der Waals surface area contributed by atoms with Gasteiger partial charge in [-0.15, -0.1) is 5.10 Å². The molecule has 0 unspecified atom stereocenters. The number of carbonyl (C=O) groups is 2. The first-order valence-corrected chi connectivity index (χ1v) is 8.38. The average molecular weight is 385 g/mol. The van der Waals surface area contributed by atoms with Crippen LogP contribution in [0, 0.1) is 0 Å². The van der Waals surface area contributed by atoms with Crippen molar-refractivity contribution in [3.63, 3.8) is 0 Å². The van der Waals surface area contributed by atoms with Gasteiger partial charge in [-0.25, -0.2) is 9.59 Å². The lowest BCUT2D eigenvalue weighted by atomic mass is 10.2. The van der Waals surface area contributed by atoms with E-state index in [2.05, 4.69) is 15.6 Å². The number of anilines is 1. The number of amides is 1. The topological polar surface area (TPSA) is 117 Å². The predicted octanol–water partition coefficient (Wildman–Crippen LogP) is 1.75. The molecule has 0 bridgehead atoms. The third-order valence-corrected chi connectivity index (χ3v) is 3.57. The van der Waals surface area contributed by atoms with Crippen molar-refractivity contribution < 1.29 is 19.2 Å². The zero-order valence-electron chi connectivity index (χ0n) is 15.8. The largest absolute Gasteiger partial charge is 0.444 e. The Morgan fingerprint density at radius 2 is 1.89 bits per heavy atom. The molecule has 2 aromatic heterocycles. The number of rotatable bonds is 3. The zero-order chi connectivity index (χ0) is 20.5. The van der Waals surface area contributed by atoms with Crippen LogP contribution in [0.5, 0.6) is 0 Å². The summed E-state index contributed by atoms with van der Waals surface area (Å²) < 4.78 is 6.60. The maximum absolute atomic E-state index is 12.4. The molecule has 0 aliphatic carbocycles. The second-order valence-electron chi connectivity index (χ2n) is 7.02. The Balaban J connectivity index is 1.78. The van der Waals surface area contributed by atoms with Crippen LogP contribution < -0.4 is 15.7 Å². The van der Waals surface area contributed by atoms with E-state index < -0.39 is 23.2 Å². The number of fused-ring (bicyclic) bond motifs is 1. The molecule has 3 rings (SSSR count). The molecule has 0 saturated heterocycles. The van der Waals surface area contributed by atoms with Gasteiger partial charge in [0.2, 0.25) is 0 Å². The Hall–Kier alpha value is -3.69. The van der Waals surface area contributed by atoms with Crippen LogP contribution in [0.4, 0.5) is 10.5 Å². The molecule has 0 radical (unpaired) electrons. The van der Waals surface area contributed by atoms with Crippen molar-refractivity contribution in [2.24, 2.45) is 7.05 Å². The number of hydrogen-bond donors (Lipinski definition) is 1. The molecule has 146 valence electrons. The summed E-state index contributed by atoms with van der Waals surface area (Å²) in [5.41, 5.74) is -0.451. The Bertz CT molecular complexity index is 1110. The molecule has 0 fully saturated rings. The molecule has 3 aromatic rings. The van der Waals surface area contributed by atoms with E-state index in [0.29, 0.717) is 16.0 Å². The molecular weight excluding hydrogens is 366 g/mol. The smallest absolute Gasteiger partial charge is 0.412 e. The van der Waals surface area contributed by atoms with Crippen LogP contribution in [-0.2, 0) is 11.8 Å². The molecule has 1 N–H and O–H groups in total. The zero-order valence-corrected chi connectivity index (χ0v) is 15.8. The first kappa shape index (κ1) is 19.1. The van der Waals surface area contributed by atoms with E-state index in [0.717, 1.165) is 0 Å². The van der Waals surface area contributed by atoms with Crippen LogP contribution in [0.1, 0.15) is 31.3 Å². The van der Waals surface area contributed by atoms with Gasteiger partial charge >= 0.3 is 17.6 Å². The van der Waals surface area contributed by atoms with Gasteiger partial charge in [0.15, 0.2) is 0 Å². The number of benzene rings is 1. The van der Waals surface area contributed by atoms with Crippen molar-refractivity contribution in [3.8, 4) is 0 Å². The number of aromatic nitrogens is 4. The van der Waals surface area contributed by atoms with Crippen molar-refractivity contribution in [2.45, 2.75) is 26.4 Å². The number of carbonyl (C=O) groups excluding carboxylic acids is 2. The minimum Gasteiger partial charge on any atom is -0.444 e. The van der Waals surface area contributed by atoms with Crippen LogP contribution in [0.25, 0.3) is 10.9 Å². The third-order valence-electron chi connectivity index (χ3n) is 3.57. The van der Waals surface area contributed by atoms with E-state index in [4.69, 9.17) is 9.57 Å². The van der Waals surface area contributed by atoms with Gasteiger partial charge in [-0.05, 0) is 49.0 Å². The lowest BCUT2D eigenvalue weighted by Crippen LogP contribution is -2.34.